The number of anilines is 1. The molecule has 1 amide bonds. The summed E-state index contributed by atoms with van der Waals surface area (Å²) in [7, 11) is 0. The number of benzene rings is 3. The Balaban J connectivity index is 1.45. The van der Waals surface area contributed by atoms with Crippen LogP contribution in [0.5, 0.6) is 0 Å². The average molecular weight is 563 g/mol. The summed E-state index contributed by atoms with van der Waals surface area (Å²) in [4.78, 5) is 15.3. The Labute approximate surface area is 233 Å². The Morgan fingerprint density at radius 2 is 1.73 bits per heavy atom. The van der Waals surface area contributed by atoms with Crippen molar-refractivity contribution in [2.75, 3.05) is 5.32 Å². The largest absolute Gasteiger partial charge is 0.435 e. The summed E-state index contributed by atoms with van der Waals surface area (Å²) < 4.78 is 56.8. The molecule has 0 radical (unpaired) electrons. The highest BCUT2D eigenvalue weighted by Crippen LogP contribution is 2.32. The number of nitrogens with two attached hydrogens (primary N) is 1. The lowest BCUT2D eigenvalue weighted by atomic mass is 10.1. The van der Waals surface area contributed by atoms with Crippen molar-refractivity contribution < 1.29 is 22.4 Å². The maximum Gasteiger partial charge on any atom is 0.435 e. The molecule has 0 saturated heterocycles. The highest BCUT2D eigenvalue weighted by Gasteiger charge is 2.36. The van der Waals surface area contributed by atoms with E-state index in [1.165, 1.54) is 12.1 Å². The van der Waals surface area contributed by atoms with Crippen molar-refractivity contribution in [1.29, 1.82) is 5.26 Å². The number of carbonyl (C=O) groups excluding carboxylic acids is 1. The van der Waals surface area contributed by atoms with E-state index in [2.05, 4.69) is 21.4 Å². The monoisotopic (exact) mass is 562 g/mol. The zero-order chi connectivity index (χ0) is 29.1. The van der Waals surface area contributed by atoms with Crippen molar-refractivity contribution in [3.05, 3.63) is 112 Å². The van der Waals surface area contributed by atoms with Crippen LogP contribution in [-0.2, 0) is 25.8 Å². The summed E-state index contributed by atoms with van der Waals surface area (Å²) in [6.45, 7) is 1.19. The Morgan fingerprint density at radius 3 is 2.39 bits per heavy atom. The molecule has 3 aromatic carbocycles. The molecule has 5 rings (SSSR count). The van der Waals surface area contributed by atoms with Gasteiger partial charge in [0.05, 0.1) is 11.6 Å². The molecule has 7 nitrogen and oxygen atoms in total. The van der Waals surface area contributed by atoms with Crippen LogP contribution in [0.4, 0.5) is 23.2 Å². The third-order valence-corrected chi connectivity index (χ3v) is 6.81. The molecule has 1 aliphatic rings. The van der Waals surface area contributed by atoms with Gasteiger partial charge in [0.25, 0.3) is 5.91 Å². The highest BCUT2D eigenvalue weighted by molar-refractivity contribution is 6.03. The van der Waals surface area contributed by atoms with Crippen LogP contribution in [0.1, 0.15) is 51.3 Å². The first-order valence-corrected chi connectivity index (χ1v) is 12.9. The second-order valence-electron chi connectivity index (χ2n) is 9.91. The van der Waals surface area contributed by atoms with Gasteiger partial charge < -0.3 is 11.1 Å². The van der Waals surface area contributed by atoms with Gasteiger partial charge in [-0.25, -0.2) is 9.07 Å². The molecule has 1 aliphatic carbocycles. The van der Waals surface area contributed by atoms with Gasteiger partial charge >= 0.3 is 6.18 Å². The second kappa shape index (κ2) is 11.5. The zero-order valence-electron chi connectivity index (χ0n) is 21.8. The van der Waals surface area contributed by atoms with E-state index in [4.69, 9.17) is 11.0 Å². The first-order valence-electron chi connectivity index (χ1n) is 12.9. The molecule has 0 bridgehead atoms. The van der Waals surface area contributed by atoms with Gasteiger partial charge in [0.1, 0.15) is 17.2 Å². The van der Waals surface area contributed by atoms with E-state index >= 15 is 4.39 Å². The van der Waals surface area contributed by atoms with E-state index in [0.29, 0.717) is 52.3 Å². The van der Waals surface area contributed by atoms with Crippen molar-refractivity contribution in [3.8, 4) is 11.8 Å². The number of amides is 1. The molecule has 210 valence electrons. The van der Waals surface area contributed by atoms with Crippen molar-refractivity contribution in [2.45, 2.75) is 44.7 Å². The third kappa shape index (κ3) is 6.62. The van der Waals surface area contributed by atoms with E-state index < -0.39 is 29.3 Å². The lowest BCUT2D eigenvalue weighted by Crippen LogP contribution is -2.25. The van der Waals surface area contributed by atoms with E-state index in [0.717, 1.165) is 18.4 Å². The van der Waals surface area contributed by atoms with Crippen molar-refractivity contribution in [2.24, 2.45) is 5.73 Å². The van der Waals surface area contributed by atoms with E-state index in [1.54, 1.807) is 42.5 Å². The normalized spacial score (nSPS) is 13.3. The number of nitrogens with one attached hydrogen (secondary N) is 1. The molecule has 41 heavy (non-hydrogen) atoms. The fourth-order valence-electron chi connectivity index (χ4n) is 4.56. The highest BCUT2D eigenvalue weighted by atomic mass is 19.4. The minimum atomic E-state index is -4.85. The third-order valence-electron chi connectivity index (χ3n) is 6.81. The van der Waals surface area contributed by atoms with Crippen LogP contribution in [0.3, 0.4) is 0 Å². The predicted octanol–water partition coefficient (Wildman–Crippen LogP) is 5.78. The molecule has 4 aromatic rings. The summed E-state index contributed by atoms with van der Waals surface area (Å²) in [6.07, 6.45) is -2.86. The molecular formula is C30H26F4N6O. The van der Waals surface area contributed by atoms with Gasteiger partial charge in [0.15, 0.2) is 5.69 Å². The summed E-state index contributed by atoms with van der Waals surface area (Å²) in [6, 6.07) is 21.0. The first-order chi connectivity index (χ1) is 19.6. The summed E-state index contributed by atoms with van der Waals surface area (Å²) in [5.41, 5.74) is 6.83. The summed E-state index contributed by atoms with van der Waals surface area (Å²) in [5, 5.41) is 15.2. The molecule has 0 spiro atoms. The van der Waals surface area contributed by atoms with Crippen LogP contribution in [0.2, 0.25) is 0 Å². The van der Waals surface area contributed by atoms with Gasteiger partial charge in [0, 0.05) is 37.4 Å². The summed E-state index contributed by atoms with van der Waals surface area (Å²) in [5.74, 6) is -1.71. The number of carbonyl (C=O) groups is 1. The Kier molecular flexibility index (Phi) is 7.88. The molecule has 11 heteroatoms. The SMILES string of the molecule is N#Cc1ccc(CN(Cc2ccc(F)c(-n3nc(C(F)(F)F)cc3C(=O)Nc3cccc(CN)c3)c2)C2CC2)cc1. The van der Waals surface area contributed by atoms with Gasteiger partial charge in [-0.2, -0.15) is 23.5 Å². The van der Waals surface area contributed by atoms with Gasteiger partial charge in [-0.1, -0.05) is 30.3 Å². The van der Waals surface area contributed by atoms with Crippen LogP contribution >= 0.6 is 0 Å². The number of hydrogen-bond donors (Lipinski definition) is 2. The number of nitrogens with zero attached hydrogens (tertiary/aromatic N) is 4. The maximum atomic E-state index is 15.1. The smallest absolute Gasteiger partial charge is 0.326 e. The molecule has 1 heterocycles. The van der Waals surface area contributed by atoms with Crippen LogP contribution < -0.4 is 11.1 Å². The molecule has 1 aromatic heterocycles. The number of alkyl halides is 3. The number of aromatic nitrogens is 2. The van der Waals surface area contributed by atoms with Gasteiger partial charge in [-0.05, 0) is 65.9 Å². The molecule has 1 saturated carbocycles. The van der Waals surface area contributed by atoms with Gasteiger partial charge in [-0.15, -0.1) is 0 Å². The quantitative estimate of drug-likeness (QED) is 0.252. The van der Waals surface area contributed by atoms with Crippen molar-refractivity contribution in [3.63, 3.8) is 0 Å². The maximum absolute atomic E-state index is 15.1. The molecule has 0 atom stereocenters. The topological polar surface area (TPSA) is 100.0 Å². The van der Waals surface area contributed by atoms with Crippen LogP contribution in [0.15, 0.2) is 72.8 Å². The van der Waals surface area contributed by atoms with Gasteiger partial charge in [-0.3, -0.25) is 9.69 Å². The fourth-order valence-corrected chi connectivity index (χ4v) is 4.56. The predicted molar refractivity (Wildman–Crippen MR) is 144 cm³/mol. The van der Waals surface area contributed by atoms with Crippen LogP contribution in [0, 0.1) is 17.1 Å². The van der Waals surface area contributed by atoms with Crippen molar-refractivity contribution in [1.82, 2.24) is 14.7 Å². The van der Waals surface area contributed by atoms with Crippen LogP contribution in [0.25, 0.3) is 5.69 Å². The lowest BCUT2D eigenvalue weighted by Gasteiger charge is -2.23. The van der Waals surface area contributed by atoms with Crippen molar-refractivity contribution >= 4 is 11.6 Å². The number of nitriles is 1. The first kappa shape index (κ1) is 28.0. The number of halogens is 4. The Morgan fingerprint density at radius 1 is 1.02 bits per heavy atom. The number of rotatable bonds is 9. The molecule has 3 N–H and O–H groups in total. The minimum Gasteiger partial charge on any atom is -0.326 e. The molecular weight excluding hydrogens is 536 g/mol. The van der Waals surface area contributed by atoms with E-state index in [9.17, 15) is 18.0 Å². The minimum absolute atomic E-state index is 0.209. The Hall–Kier alpha value is -4.53. The standard InChI is InChI=1S/C30H26F4N6O/c31-25-11-8-22(18-39(24-9-10-24)17-20-6-4-19(15-35)5-7-20)13-26(25)40-27(14-28(38-40)30(32,33)34)29(41)37-23-3-1-2-21(12-23)16-36/h1-8,11-14,24H,9-10,16-18,36H2,(H,37,41). The average Bonchev–Trinajstić information content (AvgIpc) is 3.70. The fraction of sp³-hybridized carbons (Fsp3) is 0.233. The van der Waals surface area contributed by atoms with Crippen LogP contribution in [-0.4, -0.2) is 26.6 Å². The van der Waals surface area contributed by atoms with E-state index in [1.807, 2.05) is 12.1 Å². The zero-order valence-corrected chi connectivity index (χ0v) is 21.8. The number of hydrogen-bond acceptors (Lipinski definition) is 5. The van der Waals surface area contributed by atoms with Gasteiger partial charge in [0.2, 0.25) is 0 Å². The molecule has 1 fully saturated rings. The van der Waals surface area contributed by atoms with E-state index in [-0.39, 0.29) is 12.2 Å². The molecule has 0 aliphatic heterocycles. The Bertz CT molecular complexity index is 1600. The second-order valence-corrected chi connectivity index (χ2v) is 9.91. The lowest BCUT2D eigenvalue weighted by molar-refractivity contribution is -0.141. The summed E-state index contributed by atoms with van der Waals surface area (Å²) >= 11 is 0. The molecule has 0 unspecified atom stereocenters.